The molecule has 31 heavy (non-hydrogen) atoms. The topological polar surface area (TPSA) is 104 Å². The van der Waals surface area contributed by atoms with Crippen LogP contribution in [-0.2, 0) is 20.7 Å². The minimum atomic E-state index is -0.913. The van der Waals surface area contributed by atoms with Gasteiger partial charge in [0.25, 0.3) is 5.91 Å². The Kier molecular flexibility index (Phi) is 8.54. The zero-order chi connectivity index (χ0) is 23.0. The summed E-state index contributed by atoms with van der Waals surface area (Å²) in [5.41, 5.74) is 0.880. The van der Waals surface area contributed by atoms with Crippen LogP contribution in [0.1, 0.15) is 43.7 Å². The molecule has 0 bridgehead atoms. The van der Waals surface area contributed by atoms with Gasteiger partial charge in [0.15, 0.2) is 11.4 Å². The van der Waals surface area contributed by atoms with Crippen molar-refractivity contribution in [2.45, 2.75) is 46.3 Å². The van der Waals surface area contributed by atoms with Crippen LogP contribution in [0.25, 0.3) is 0 Å². The lowest BCUT2D eigenvalue weighted by molar-refractivity contribution is -0.151. The Morgan fingerprint density at radius 1 is 1.06 bits per heavy atom. The zero-order valence-electron chi connectivity index (χ0n) is 18.4. The van der Waals surface area contributed by atoms with E-state index in [1.807, 2.05) is 30.3 Å². The summed E-state index contributed by atoms with van der Waals surface area (Å²) in [6.07, 6.45) is 1.53. The quantitative estimate of drug-likeness (QED) is 0.613. The predicted octanol–water partition coefficient (Wildman–Crippen LogP) is 2.94. The van der Waals surface area contributed by atoms with Gasteiger partial charge in [-0.2, -0.15) is 0 Å². The molecule has 1 N–H and O–H groups in total. The minimum absolute atomic E-state index is 0.108. The number of hydrogen-bond acceptors (Lipinski definition) is 7. The van der Waals surface area contributed by atoms with Gasteiger partial charge in [-0.25, -0.2) is 9.78 Å². The van der Waals surface area contributed by atoms with Crippen LogP contribution in [0, 0.1) is 5.92 Å². The third-order valence-corrected chi connectivity index (χ3v) is 4.44. The van der Waals surface area contributed by atoms with Crippen LogP contribution in [0.2, 0.25) is 0 Å². The highest BCUT2D eigenvalue weighted by atomic mass is 16.6. The summed E-state index contributed by atoms with van der Waals surface area (Å²) in [5.74, 6) is -2.04. The lowest BCUT2D eigenvalue weighted by Gasteiger charge is -2.23. The first-order valence-corrected chi connectivity index (χ1v) is 9.99. The van der Waals surface area contributed by atoms with E-state index in [0.29, 0.717) is 6.42 Å². The van der Waals surface area contributed by atoms with Gasteiger partial charge >= 0.3 is 11.9 Å². The summed E-state index contributed by atoms with van der Waals surface area (Å²) in [6, 6.07) is 10.2. The molecular weight excluding hydrogens is 400 g/mol. The van der Waals surface area contributed by atoms with E-state index in [1.165, 1.54) is 26.3 Å². The molecule has 8 nitrogen and oxygen atoms in total. The fourth-order valence-corrected chi connectivity index (χ4v) is 2.96. The normalized spacial score (nSPS) is 12.6. The summed E-state index contributed by atoms with van der Waals surface area (Å²) in [4.78, 5) is 41.1. The molecule has 1 heterocycles. The highest BCUT2D eigenvalue weighted by Crippen LogP contribution is 2.29. The Morgan fingerprint density at radius 2 is 1.74 bits per heavy atom. The largest absolute Gasteiger partial charge is 0.493 e. The van der Waals surface area contributed by atoms with Crippen molar-refractivity contribution in [3.63, 3.8) is 0 Å². The van der Waals surface area contributed by atoms with E-state index in [-0.39, 0.29) is 29.2 Å². The van der Waals surface area contributed by atoms with E-state index in [9.17, 15) is 14.4 Å². The van der Waals surface area contributed by atoms with E-state index < -0.39 is 23.9 Å². The average molecular weight is 428 g/mol. The number of aromatic nitrogens is 1. The Labute approximate surface area is 181 Å². The maximum atomic E-state index is 12.9. The fraction of sp³-hybridized carbons (Fsp3) is 0.391. The third-order valence-electron chi connectivity index (χ3n) is 4.44. The second-order valence-corrected chi connectivity index (χ2v) is 7.42. The average Bonchev–Trinajstić information content (AvgIpc) is 2.71. The van der Waals surface area contributed by atoms with E-state index in [0.717, 1.165) is 5.56 Å². The number of rotatable bonds is 9. The molecule has 8 heteroatoms. The molecule has 2 atom stereocenters. The third kappa shape index (κ3) is 6.80. The number of hydrogen-bond donors (Lipinski definition) is 1. The van der Waals surface area contributed by atoms with Gasteiger partial charge in [-0.05, 0) is 18.4 Å². The van der Waals surface area contributed by atoms with Crippen molar-refractivity contribution in [3.8, 4) is 11.5 Å². The lowest BCUT2D eigenvalue weighted by atomic mass is 10.0. The van der Waals surface area contributed by atoms with Crippen LogP contribution >= 0.6 is 0 Å². The first-order valence-electron chi connectivity index (χ1n) is 9.99. The molecule has 166 valence electrons. The number of nitrogens with zero attached hydrogens (tertiary/aromatic N) is 1. The van der Waals surface area contributed by atoms with Crippen LogP contribution < -0.4 is 14.8 Å². The van der Waals surface area contributed by atoms with Gasteiger partial charge in [-0.1, -0.05) is 44.2 Å². The van der Waals surface area contributed by atoms with Crippen LogP contribution in [0.5, 0.6) is 11.5 Å². The lowest BCUT2D eigenvalue weighted by Crippen LogP contribution is -2.46. The van der Waals surface area contributed by atoms with E-state index in [2.05, 4.69) is 10.3 Å². The molecule has 1 aromatic carbocycles. The summed E-state index contributed by atoms with van der Waals surface area (Å²) < 4.78 is 15.8. The molecule has 1 aromatic heterocycles. The molecule has 0 saturated carbocycles. The number of pyridine rings is 1. The van der Waals surface area contributed by atoms with Crippen LogP contribution in [0.15, 0.2) is 42.6 Å². The number of carbonyl (C=O) groups is 3. The highest BCUT2D eigenvalue weighted by molar-refractivity contribution is 5.98. The molecule has 0 spiro atoms. The SMILES string of the molecule is COc1ccnc(C(=O)N[C@H](C(=O)OC(C)Cc2ccccc2)C(C)C)c1OC(C)=O. The molecule has 0 fully saturated rings. The van der Waals surface area contributed by atoms with Gasteiger partial charge in [0.1, 0.15) is 12.1 Å². The Balaban J connectivity index is 2.15. The van der Waals surface area contributed by atoms with E-state index in [1.54, 1.807) is 20.8 Å². The Hall–Kier alpha value is -3.42. The van der Waals surface area contributed by atoms with Crippen LogP contribution in [0.4, 0.5) is 0 Å². The predicted molar refractivity (Wildman–Crippen MR) is 114 cm³/mol. The molecule has 2 rings (SSSR count). The van der Waals surface area contributed by atoms with Gasteiger partial charge in [0.05, 0.1) is 7.11 Å². The second-order valence-electron chi connectivity index (χ2n) is 7.42. The van der Waals surface area contributed by atoms with E-state index >= 15 is 0 Å². The molecule has 0 aliphatic carbocycles. The summed E-state index contributed by atoms with van der Waals surface area (Å²) >= 11 is 0. The van der Waals surface area contributed by atoms with Gasteiger partial charge < -0.3 is 19.5 Å². The van der Waals surface area contributed by atoms with Crippen LogP contribution in [0.3, 0.4) is 0 Å². The van der Waals surface area contributed by atoms with E-state index in [4.69, 9.17) is 14.2 Å². The first-order chi connectivity index (χ1) is 14.7. The van der Waals surface area contributed by atoms with Crippen molar-refractivity contribution >= 4 is 17.8 Å². The van der Waals surface area contributed by atoms with Gasteiger partial charge in [-0.15, -0.1) is 0 Å². The zero-order valence-corrected chi connectivity index (χ0v) is 18.4. The van der Waals surface area contributed by atoms with Crippen molar-refractivity contribution in [1.82, 2.24) is 10.3 Å². The monoisotopic (exact) mass is 428 g/mol. The number of benzene rings is 1. The van der Waals surface area contributed by atoms with Gasteiger partial charge in [0.2, 0.25) is 5.75 Å². The molecule has 0 radical (unpaired) electrons. The van der Waals surface area contributed by atoms with Gasteiger partial charge in [0, 0.05) is 25.6 Å². The standard InChI is InChI=1S/C23H28N2O6/c1-14(2)19(23(28)30-15(3)13-17-9-7-6-8-10-17)25-22(27)20-21(31-16(4)26)18(29-5)11-12-24-20/h6-12,14-15,19H,13H2,1-5H3,(H,25,27)/t15?,19-/m0/s1. The smallest absolute Gasteiger partial charge is 0.329 e. The molecular formula is C23H28N2O6. The summed E-state index contributed by atoms with van der Waals surface area (Å²) in [7, 11) is 1.38. The molecule has 0 aliphatic heterocycles. The number of nitrogens with one attached hydrogen (secondary N) is 1. The van der Waals surface area contributed by atoms with Crippen molar-refractivity contribution in [1.29, 1.82) is 0 Å². The molecule has 0 saturated heterocycles. The summed E-state index contributed by atoms with van der Waals surface area (Å²) in [5, 5.41) is 2.64. The maximum Gasteiger partial charge on any atom is 0.329 e. The minimum Gasteiger partial charge on any atom is -0.493 e. The number of esters is 2. The molecule has 2 aromatic rings. The van der Waals surface area contributed by atoms with Gasteiger partial charge in [-0.3, -0.25) is 9.59 Å². The first kappa shape index (κ1) is 23.9. The highest BCUT2D eigenvalue weighted by Gasteiger charge is 2.30. The fourth-order valence-electron chi connectivity index (χ4n) is 2.96. The molecule has 1 unspecified atom stereocenters. The molecule has 1 amide bonds. The summed E-state index contributed by atoms with van der Waals surface area (Å²) in [6.45, 7) is 6.59. The number of methoxy groups -OCH3 is 1. The molecule has 0 aliphatic rings. The number of carbonyl (C=O) groups excluding carboxylic acids is 3. The van der Waals surface area contributed by atoms with Crippen molar-refractivity contribution in [2.24, 2.45) is 5.92 Å². The second kappa shape index (κ2) is 11.1. The Morgan fingerprint density at radius 3 is 2.32 bits per heavy atom. The van der Waals surface area contributed by atoms with Crippen molar-refractivity contribution in [3.05, 3.63) is 53.9 Å². The van der Waals surface area contributed by atoms with Crippen molar-refractivity contribution < 1.29 is 28.6 Å². The van der Waals surface area contributed by atoms with Crippen LogP contribution in [-0.4, -0.2) is 42.1 Å². The maximum absolute atomic E-state index is 12.9. The number of ether oxygens (including phenoxy) is 3. The Bertz CT molecular complexity index is 914. The number of amides is 1. The van der Waals surface area contributed by atoms with Crippen molar-refractivity contribution in [2.75, 3.05) is 7.11 Å².